The van der Waals surface area contributed by atoms with Crippen LogP contribution in [-0.4, -0.2) is 43.9 Å². The van der Waals surface area contributed by atoms with Crippen molar-refractivity contribution in [2.24, 2.45) is 0 Å². The molecule has 6 nitrogen and oxygen atoms in total. The molecule has 1 N–H and O–H groups in total. The molecule has 26 heavy (non-hydrogen) atoms. The summed E-state index contributed by atoms with van der Waals surface area (Å²) in [7, 11) is -1.40. The van der Waals surface area contributed by atoms with Crippen LogP contribution in [0.2, 0.25) is 0 Å². The number of hydrogen-bond acceptors (Lipinski definition) is 4. The van der Waals surface area contributed by atoms with E-state index < -0.39 is 9.84 Å². The fourth-order valence-corrected chi connectivity index (χ4v) is 4.61. The standard InChI is InChI=1S/C19H22N2O4S/c1-21(17-11-12-26(23,24)14-17)19(22)20-16-7-9-18(10-8-16)25-13-15-5-3-2-4-6-15/h2-10,17H,11-14H2,1H3,(H,20,22). The highest BCUT2D eigenvalue weighted by Crippen LogP contribution is 2.20. The van der Waals surface area contributed by atoms with Crippen LogP contribution in [0, 0.1) is 0 Å². The minimum absolute atomic E-state index is 0.0309. The summed E-state index contributed by atoms with van der Waals surface area (Å²) < 4.78 is 28.8. The molecule has 0 bridgehead atoms. The SMILES string of the molecule is CN(C(=O)Nc1ccc(OCc2ccccc2)cc1)C1CCS(=O)(=O)C1. The van der Waals surface area contributed by atoms with Gasteiger partial charge >= 0.3 is 6.03 Å². The van der Waals surface area contributed by atoms with Crippen molar-refractivity contribution in [1.82, 2.24) is 4.90 Å². The number of benzene rings is 2. The number of hydrogen-bond donors (Lipinski definition) is 1. The van der Waals surface area contributed by atoms with E-state index in [1.54, 1.807) is 31.3 Å². The largest absolute Gasteiger partial charge is 0.489 e. The quantitative estimate of drug-likeness (QED) is 0.873. The van der Waals surface area contributed by atoms with E-state index in [-0.39, 0.29) is 23.6 Å². The number of urea groups is 1. The molecule has 1 aliphatic heterocycles. The Balaban J connectivity index is 1.53. The number of sulfone groups is 1. The van der Waals surface area contributed by atoms with Gasteiger partial charge in [0.25, 0.3) is 0 Å². The van der Waals surface area contributed by atoms with Gasteiger partial charge in [-0.1, -0.05) is 30.3 Å². The van der Waals surface area contributed by atoms with E-state index in [1.807, 2.05) is 30.3 Å². The predicted octanol–water partition coefficient (Wildman–Crippen LogP) is 2.92. The number of nitrogens with zero attached hydrogens (tertiary/aromatic N) is 1. The molecule has 1 saturated heterocycles. The summed E-state index contributed by atoms with van der Waals surface area (Å²) in [5.74, 6) is 0.883. The van der Waals surface area contributed by atoms with Gasteiger partial charge in [-0.25, -0.2) is 13.2 Å². The van der Waals surface area contributed by atoms with Crippen LogP contribution in [0.1, 0.15) is 12.0 Å². The summed E-state index contributed by atoms with van der Waals surface area (Å²) in [6.07, 6.45) is 0.485. The zero-order chi connectivity index (χ0) is 18.6. The van der Waals surface area contributed by atoms with Gasteiger partial charge in [-0.05, 0) is 36.2 Å². The third-order valence-electron chi connectivity index (χ3n) is 4.43. The van der Waals surface area contributed by atoms with Crippen molar-refractivity contribution in [2.45, 2.75) is 19.1 Å². The van der Waals surface area contributed by atoms with Crippen LogP contribution in [0.25, 0.3) is 0 Å². The monoisotopic (exact) mass is 374 g/mol. The second-order valence-electron chi connectivity index (χ2n) is 6.40. The van der Waals surface area contributed by atoms with Crippen molar-refractivity contribution in [3.05, 3.63) is 60.2 Å². The predicted molar refractivity (Wildman–Crippen MR) is 101 cm³/mol. The second-order valence-corrected chi connectivity index (χ2v) is 8.63. The molecule has 3 rings (SSSR count). The van der Waals surface area contributed by atoms with Crippen molar-refractivity contribution in [2.75, 3.05) is 23.9 Å². The van der Waals surface area contributed by atoms with Gasteiger partial charge < -0.3 is 15.0 Å². The molecule has 2 aromatic carbocycles. The lowest BCUT2D eigenvalue weighted by Crippen LogP contribution is -2.40. The highest BCUT2D eigenvalue weighted by molar-refractivity contribution is 7.91. The lowest BCUT2D eigenvalue weighted by molar-refractivity contribution is 0.209. The topological polar surface area (TPSA) is 75.7 Å². The van der Waals surface area contributed by atoms with Gasteiger partial charge in [-0.3, -0.25) is 0 Å². The van der Waals surface area contributed by atoms with Crippen LogP contribution in [0.4, 0.5) is 10.5 Å². The summed E-state index contributed by atoms with van der Waals surface area (Å²) in [6, 6.07) is 16.4. The van der Waals surface area contributed by atoms with Crippen molar-refractivity contribution < 1.29 is 17.9 Å². The van der Waals surface area contributed by atoms with E-state index in [1.165, 1.54) is 4.90 Å². The van der Waals surface area contributed by atoms with Crippen LogP contribution < -0.4 is 10.1 Å². The molecule has 2 aromatic rings. The Kier molecular flexibility index (Phi) is 5.46. The Hall–Kier alpha value is -2.54. The Morgan fingerprint density at radius 1 is 1.15 bits per heavy atom. The Morgan fingerprint density at radius 3 is 2.46 bits per heavy atom. The lowest BCUT2D eigenvalue weighted by atomic mass is 10.2. The van der Waals surface area contributed by atoms with Crippen molar-refractivity contribution >= 4 is 21.6 Å². The average Bonchev–Trinajstić information content (AvgIpc) is 3.01. The molecule has 2 amide bonds. The van der Waals surface area contributed by atoms with E-state index in [2.05, 4.69) is 5.32 Å². The molecule has 0 saturated carbocycles. The molecule has 1 fully saturated rings. The minimum atomic E-state index is -3.02. The first-order chi connectivity index (χ1) is 12.4. The highest BCUT2D eigenvalue weighted by atomic mass is 32.2. The number of carbonyl (C=O) groups excluding carboxylic acids is 1. The maximum Gasteiger partial charge on any atom is 0.321 e. The fraction of sp³-hybridized carbons (Fsp3) is 0.316. The molecular weight excluding hydrogens is 352 g/mol. The summed E-state index contributed by atoms with van der Waals surface area (Å²) >= 11 is 0. The molecule has 7 heteroatoms. The highest BCUT2D eigenvalue weighted by Gasteiger charge is 2.32. The first-order valence-electron chi connectivity index (χ1n) is 8.44. The minimum Gasteiger partial charge on any atom is -0.489 e. The fourth-order valence-electron chi connectivity index (χ4n) is 2.83. The Labute approximate surface area is 153 Å². The smallest absolute Gasteiger partial charge is 0.321 e. The summed E-state index contributed by atoms with van der Waals surface area (Å²) in [6.45, 7) is 0.478. The Bertz CT molecular complexity index is 851. The van der Waals surface area contributed by atoms with Crippen LogP contribution in [0.5, 0.6) is 5.75 Å². The van der Waals surface area contributed by atoms with Gasteiger partial charge in [0.05, 0.1) is 11.5 Å². The van der Waals surface area contributed by atoms with Crippen molar-refractivity contribution in [3.8, 4) is 5.75 Å². The number of nitrogens with one attached hydrogen (secondary N) is 1. The molecule has 0 radical (unpaired) electrons. The number of rotatable bonds is 5. The average molecular weight is 374 g/mol. The van der Waals surface area contributed by atoms with E-state index in [9.17, 15) is 13.2 Å². The first-order valence-corrected chi connectivity index (χ1v) is 10.3. The second kappa shape index (κ2) is 7.78. The molecule has 0 aliphatic carbocycles. The van der Waals surface area contributed by atoms with Crippen LogP contribution in [-0.2, 0) is 16.4 Å². The van der Waals surface area contributed by atoms with Crippen molar-refractivity contribution in [3.63, 3.8) is 0 Å². The number of carbonyl (C=O) groups is 1. The van der Waals surface area contributed by atoms with Crippen LogP contribution in [0.3, 0.4) is 0 Å². The first kappa shape index (κ1) is 18.3. The zero-order valence-electron chi connectivity index (χ0n) is 14.6. The Morgan fingerprint density at radius 2 is 1.85 bits per heavy atom. The lowest BCUT2D eigenvalue weighted by Gasteiger charge is -2.23. The van der Waals surface area contributed by atoms with Crippen molar-refractivity contribution in [1.29, 1.82) is 0 Å². The van der Waals surface area contributed by atoms with E-state index in [0.29, 0.717) is 24.5 Å². The van der Waals surface area contributed by atoms with E-state index >= 15 is 0 Å². The molecule has 138 valence electrons. The van der Waals surface area contributed by atoms with Crippen LogP contribution in [0.15, 0.2) is 54.6 Å². The molecule has 1 heterocycles. The molecular formula is C19H22N2O4S. The maximum atomic E-state index is 12.3. The number of anilines is 1. The van der Waals surface area contributed by atoms with Gasteiger partial charge in [0.2, 0.25) is 0 Å². The normalized spacial score (nSPS) is 18.3. The zero-order valence-corrected chi connectivity index (χ0v) is 15.4. The third kappa shape index (κ3) is 4.76. The number of ether oxygens (including phenoxy) is 1. The molecule has 0 aromatic heterocycles. The van der Waals surface area contributed by atoms with E-state index in [4.69, 9.17) is 4.74 Å². The van der Waals surface area contributed by atoms with Gasteiger partial charge in [0.1, 0.15) is 12.4 Å². The number of amides is 2. The molecule has 1 atom stereocenters. The van der Waals surface area contributed by atoms with Gasteiger partial charge in [-0.2, -0.15) is 0 Å². The molecule has 1 unspecified atom stereocenters. The third-order valence-corrected chi connectivity index (χ3v) is 6.18. The summed E-state index contributed by atoms with van der Waals surface area (Å²) in [5.41, 5.74) is 1.72. The van der Waals surface area contributed by atoms with Gasteiger partial charge in [0, 0.05) is 18.8 Å². The molecule has 1 aliphatic rings. The van der Waals surface area contributed by atoms with Gasteiger partial charge in [-0.15, -0.1) is 0 Å². The summed E-state index contributed by atoms with van der Waals surface area (Å²) in [5, 5.41) is 2.78. The van der Waals surface area contributed by atoms with Crippen LogP contribution >= 0.6 is 0 Å². The van der Waals surface area contributed by atoms with E-state index in [0.717, 1.165) is 5.56 Å². The molecule has 0 spiro atoms. The maximum absolute atomic E-state index is 12.3. The summed E-state index contributed by atoms with van der Waals surface area (Å²) in [4.78, 5) is 13.8. The van der Waals surface area contributed by atoms with Gasteiger partial charge in [0.15, 0.2) is 9.84 Å².